The van der Waals surface area contributed by atoms with Crippen molar-refractivity contribution in [1.29, 1.82) is 5.26 Å². The molecule has 2 aromatic carbocycles. The van der Waals surface area contributed by atoms with Crippen LogP contribution in [0.15, 0.2) is 53.4 Å². The van der Waals surface area contributed by atoms with E-state index in [-0.39, 0.29) is 22.1 Å². The normalized spacial score (nSPS) is 10.9. The van der Waals surface area contributed by atoms with Crippen LogP contribution < -0.4 is 4.72 Å². The van der Waals surface area contributed by atoms with Crippen molar-refractivity contribution < 1.29 is 13.2 Å². The zero-order valence-corrected chi connectivity index (χ0v) is 16.3. The van der Waals surface area contributed by atoms with Crippen LogP contribution >= 0.6 is 0 Å². The number of carbonyl (C=O) groups excluding carboxylic acids is 1. The van der Waals surface area contributed by atoms with Gasteiger partial charge < -0.3 is 4.90 Å². The lowest BCUT2D eigenvalue weighted by Gasteiger charge is -2.21. The van der Waals surface area contributed by atoms with E-state index in [1.807, 2.05) is 19.9 Å². The minimum atomic E-state index is -3.92. The molecule has 0 saturated carbocycles. The highest BCUT2D eigenvalue weighted by Crippen LogP contribution is 2.20. The Bertz CT molecular complexity index is 943. The summed E-state index contributed by atoms with van der Waals surface area (Å²) in [6.07, 6.45) is 1.66. The van der Waals surface area contributed by atoms with Gasteiger partial charge in [-0.15, -0.1) is 0 Å². The summed E-state index contributed by atoms with van der Waals surface area (Å²) < 4.78 is 27.9. The van der Waals surface area contributed by atoms with Gasteiger partial charge in [-0.05, 0) is 43.2 Å². The van der Waals surface area contributed by atoms with Gasteiger partial charge >= 0.3 is 0 Å². The van der Waals surface area contributed by atoms with E-state index in [1.165, 1.54) is 24.3 Å². The minimum absolute atomic E-state index is 0.0194. The quantitative estimate of drug-likeness (QED) is 0.751. The molecule has 0 aliphatic heterocycles. The summed E-state index contributed by atoms with van der Waals surface area (Å²) in [7, 11) is -3.92. The number of carbonyl (C=O) groups is 1. The summed E-state index contributed by atoms with van der Waals surface area (Å²) in [5.41, 5.74) is 0.758. The van der Waals surface area contributed by atoms with Crippen LogP contribution in [0.4, 0.5) is 5.69 Å². The minimum Gasteiger partial charge on any atom is -0.339 e. The second-order valence-corrected chi connectivity index (χ2v) is 7.77. The van der Waals surface area contributed by atoms with Crippen molar-refractivity contribution in [2.75, 3.05) is 17.8 Å². The van der Waals surface area contributed by atoms with Gasteiger partial charge in [-0.2, -0.15) is 5.26 Å². The Balaban J connectivity index is 2.33. The van der Waals surface area contributed by atoms with E-state index < -0.39 is 10.0 Å². The van der Waals surface area contributed by atoms with Crippen molar-refractivity contribution in [3.05, 3.63) is 59.7 Å². The molecule has 0 aliphatic carbocycles. The number of anilines is 1. The summed E-state index contributed by atoms with van der Waals surface area (Å²) in [5, 5.41) is 9.13. The molecule has 0 aliphatic rings. The Labute approximate surface area is 160 Å². The molecule has 0 aromatic heterocycles. The summed E-state index contributed by atoms with van der Waals surface area (Å²) in [6, 6.07) is 14.3. The van der Waals surface area contributed by atoms with Gasteiger partial charge in [0.2, 0.25) is 0 Å². The maximum absolute atomic E-state index is 12.7. The first-order valence-electron chi connectivity index (χ1n) is 8.84. The van der Waals surface area contributed by atoms with Gasteiger partial charge in [0.15, 0.2) is 0 Å². The molecule has 2 rings (SSSR count). The van der Waals surface area contributed by atoms with Crippen LogP contribution in [-0.4, -0.2) is 32.3 Å². The van der Waals surface area contributed by atoms with Gasteiger partial charge in [0.05, 0.1) is 16.1 Å². The lowest BCUT2D eigenvalue weighted by atomic mass is 10.2. The third-order valence-electron chi connectivity index (χ3n) is 3.96. The summed E-state index contributed by atoms with van der Waals surface area (Å²) in [5.74, 6) is -0.187. The van der Waals surface area contributed by atoms with Crippen LogP contribution in [0.25, 0.3) is 0 Å². The first-order valence-corrected chi connectivity index (χ1v) is 10.3. The Morgan fingerprint density at radius 1 is 1.07 bits per heavy atom. The molecule has 0 bridgehead atoms. The summed E-state index contributed by atoms with van der Waals surface area (Å²) in [4.78, 5) is 14.4. The maximum Gasteiger partial charge on any atom is 0.261 e. The Morgan fingerprint density at radius 3 is 2.37 bits per heavy atom. The molecule has 0 heterocycles. The fraction of sp³-hybridized carbons (Fsp3) is 0.300. The van der Waals surface area contributed by atoms with Gasteiger partial charge in [-0.3, -0.25) is 9.52 Å². The molecule has 1 N–H and O–H groups in total. The van der Waals surface area contributed by atoms with E-state index in [2.05, 4.69) is 4.72 Å². The fourth-order valence-electron chi connectivity index (χ4n) is 2.71. The highest BCUT2D eigenvalue weighted by molar-refractivity contribution is 7.92. The maximum atomic E-state index is 12.7. The van der Waals surface area contributed by atoms with Crippen LogP contribution in [0.1, 0.15) is 42.6 Å². The molecule has 1 amide bonds. The zero-order chi connectivity index (χ0) is 19.9. The van der Waals surface area contributed by atoms with E-state index in [4.69, 9.17) is 5.26 Å². The third-order valence-corrected chi connectivity index (χ3v) is 5.32. The van der Waals surface area contributed by atoms with Crippen LogP contribution in [0.3, 0.4) is 0 Å². The first kappa shape index (κ1) is 20.5. The Kier molecular flexibility index (Phi) is 6.97. The smallest absolute Gasteiger partial charge is 0.261 e. The van der Waals surface area contributed by atoms with Gasteiger partial charge in [0.1, 0.15) is 6.07 Å². The number of benzene rings is 2. The van der Waals surface area contributed by atoms with E-state index in [0.717, 1.165) is 12.8 Å². The number of nitriles is 1. The van der Waals surface area contributed by atoms with Gasteiger partial charge in [-0.1, -0.05) is 32.0 Å². The molecular weight excluding hydrogens is 362 g/mol. The highest BCUT2D eigenvalue weighted by atomic mass is 32.2. The molecule has 2 aromatic rings. The average Bonchev–Trinajstić information content (AvgIpc) is 2.67. The first-order chi connectivity index (χ1) is 12.9. The molecule has 0 atom stereocenters. The van der Waals surface area contributed by atoms with Crippen molar-refractivity contribution in [3.8, 4) is 6.07 Å². The standard InChI is InChI=1S/C20H23N3O3S/c1-3-12-23(13-4-2)20(24)16-9-7-10-18(14-16)27(25,26)22-19-11-6-5-8-17(19)15-21/h5-11,14,22H,3-4,12-13H2,1-2H3. The number of sulfonamides is 1. The number of hydrogen-bond acceptors (Lipinski definition) is 4. The third kappa shape index (κ3) is 5.08. The molecule has 142 valence electrons. The Hall–Kier alpha value is -2.85. The molecule has 6 nitrogen and oxygen atoms in total. The average molecular weight is 385 g/mol. The lowest BCUT2D eigenvalue weighted by molar-refractivity contribution is 0.0755. The monoisotopic (exact) mass is 385 g/mol. The van der Waals surface area contributed by atoms with E-state index in [9.17, 15) is 13.2 Å². The zero-order valence-electron chi connectivity index (χ0n) is 15.5. The molecule has 0 unspecified atom stereocenters. The van der Waals surface area contributed by atoms with E-state index in [0.29, 0.717) is 18.7 Å². The lowest BCUT2D eigenvalue weighted by Crippen LogP contribution is -2.32. The van der Waals surface area contributed by atoms with Crippen molar-refractivity contribution in [2.24, 2.45) is 0 Å². The van der Waals surface area contributed by atoms with Gasteiger partial charge in [-0.25, -0.2) is 8.42 Å². The van der Waals surface area contributed by atoms with Crippen molar-refractivity contribution in [2.45, 2.75) is 31.6 Å². The predicted octanol–water partition coefficient (Wildman–Crippen LogP) is 3.62. The SMILES string of the molecule is CCCN(CCC)C(=O)c1cccc(S(=O)(=O)Nc2ccccc2C#N)c1. The number of para-hydroxylation sites is 1. The predicted molar refractivity (Wildman–Crippen MR) is 105 cm³/mol. The summed E-state index contributed by atoms with van der Waals surface area (Å²) >= 11 is 0. The summed E-state index contributed by atoms with van der Waals surface area (Å²) in [6.45, 7) is 5.23. The van der Waals surface area contributed by atoms with E-state index >= 15 is 0 Å². The van der Waals surface area contributed by atoms with E-state index in [1.54, 1.807) is 29.2 Å². The number of rotatable bonds is 8. The molecule has 0 saturated heterocycles. The van der Waals surface area contributed by atoms with Crippen LogP contribution in [0.2, 0.25) is 0 Å². The highest BCUT2D eigenvalue weighted by Gasteiger charge is 2.20. The van der Waals surface area contributed by atoms with Gasteiger partial charge in [0.25, 0.3) is 15.9 Å². The number of nitrogens with one attached hydrogen (secondary N) is 1. The number of amides is 1. The van der Waals surface area contributed by atoms with Crippen LogP contribution in [0, 0.1) is 11.3 Å². The molecule has 0 radical (unpaired) electrons. The van der Waals surface area contributed by atoms with Crippen LogP contribution in [-0.2, 0) is 10.0 Å². The molecular formula is C20H23N3O3S. The van der Waals surface area contributed by atoms with Crippen molar-refractivity contribution in [1.82, 2.24) is 4.90 Å². The van der Waals surface area contributed by atoms with Crippen LogP contribution in [0.5, 0.6) is 0 Å². The second kappa shape index (κ2) is 9.19. The van der Waals surface area contributed by atoms with Gasteiger partial charge in [0, 0.05) is 18.7 Å². The molecule has 0 fully saturated rings. The largest absolute Gasteiger partial charge is 0.339 e. The Morgan fingerprint density at radius 2 is 1.74 bits per heavy atom. The molecule has 27 heavy (non-hydrogen) atoms. The number of nitrogens with zero attached hydrogens (tertiary/aromatic N) is 2. The fourth-order valence-corrected chi connectivity index (χ4v) is 3.83. The molecule has 0 spiro atoms. The van der Waals surface area contributed by atoms with Crippen molar-refractivity contribution >= 4 is 21.6 Å². The topological polar surface area (TPSA) is 90.3 Å². The van der Waals surface area contributed by atoms with Crippen molar-refractivity contribution in [3.63, 3.8) is 0 Å². The second-order valence-electron chi connectivity index (χ2n) is 6.08. The number of hydrogen-bond donors (Lipinski definition) is 1. The molecule has 7 heteroatoms.